The van der Waals surface area contributed by atoms with Gasteiger partial charge in [-0.3, -0.25) is 4.79 Å². The summed E-state index contributed by atoms with van der Waals surface area (Å²) in [6.07, 6.45) is 1.58. The van der Waals surface area contributed by atoms with E-state index >= 15 is 0 Å². The number of rotatable bonds is 6. The molecule has 116 valence electrons. The van der Waals surface area contributed by atoms with Crippen LogP contribution in [0.2, 0.25) is 0 Å². The first-order valence-corrected chi connectivity index (χ1v) is 7.86. The molecule has 1 aromatic rings. The molecule has 0 aromatic heterocycles. The number of hydrogen-bond acceptors (Lipinski definition) is 3. The molecule has 1 N–H and O–H groups in total. The van der Waals surface area contributed by atoms with Gasteiger partial charge in [-0.2, -0.15) is 0 Å². The monoisotopic (exact) mass is 290 g/mol. The van der Waals surface area contributed by atoms with Crippen molar-refractivity contribution in [2.75, 3.05) is 32.8 Å². The zero-order chi connectivity index (χ0) is 15.1. The molecule has 1 unspecified atom stereocenters. The maximum atomic E-state index is 12.1. The third-order valence-electron chi connectivity index (χ3n) is 3.98. The Morgan fingerprint density at radius 1 is 1.29 bits per heavy atom. The molecule has 1 amide bonds. The second kappa shape index (κ2) is 8.15. The molecule has 0 saturated carbocycles. The number of morpholine rings is 1. The molecule has 0 spiro atoms. The van der Waals surface area contributed by atoms with Crippen LogP contribution >= 0.6 is 0 Å². The van der Waals surface area contributed by atoms with Crippen molar-refractivity contribution in [2.45, 2.75) is 32.7 Å². The molecular formula is C17H26N2O2. The van der Waals surface area contributed by atoms with E-state index in [0.717, 1.165) is 26.1 Å². The van der Waals surface area contributed by atoms with Crippen LogP contribution in [0.1, 0.15) is 36.9 Å². The topological polar surface area (TPSA) is 41.6 Å². The van der Waals surface area contributed by atoms with Crippen LogP contribution in [0.25, 0.3) is 0 Å². The van der Waals surface area contributed by atoms with Crippen LogP contribution in [0.5, 0.6) is 0 Å². The van der Waals surface area contributed by atoms with E-state index in [9.17, 15) is 4.79 Å². The summed E-state index contributed by atoms with van der Waals surface area (Å²) in [5, 5.41) is 3.50. The minimum atomic E-state index is 0.226. The lowest BCUT2D eigenvalue weighted by Crippen LogP contribution is -2.41. The molecule has 0 aliphatic carbocycles. The minimum Gasteiger partial charge on any atom is -0.378 e. The van der Waals surface area contributed by atoms with Crippen molar-refractivity contribution < 1.29 is 9.53 Å². The molecule has 1 heterocycles. The molecule has 2 rings (SSSR count). The third-order valence-corrected chi connectivity index (χ3v) is 3.98. The van der Waals surface area contributed by atoms with Gasteiger partial charge in [0, 0.05) is 32.1 Å². The van der Waals surface area contributed by atoms with Crippen LogP contribution in [-0.4, -0.2) is 43.7 Å². The maximum absolute atomic E-state index is 12.1. The molecule has 1 atom stereocenters. The number of nitrogens with zero attached hydrogens (tertiary/aromatic N) is 1. The van der Waals surface area contributed by atoms with Gasteiger partial charge in [0.15, 0.2) is 0 Å². The summed E-state index contributed by atoms with van der Waals surface area (Å²) in [5.74, 6) is 0.226. The Morgan fingerprint density at radius 2 is 1.95 bits per heavy atom. The molecule has 1 aliphatic heterocycles. The highest BCUT2D eigenvalue weighted by atomic mass is 16.5. The van der Waals surface area contributed by atoms with Crippen LogP contribution in [0.3, 0.4) is 0 Å². The second-order valence-electron chi connectivity index (χ2n) is 5.57. The average Bonchev–Trinajstić information content (AvgIpc) is 2.53. The Bertz CT molecular complexity index is 439. The number of aryl methyl sites for hydroxylation is 1. The number of carbonyl (C=O) groups is 1. The summed E-state index contributed by atoms with van der Waals surface area (Å²) in [6, 6.07) is 8.93. The molecule has 4 nitrogen and oxygen atoms in total. The number of nitrogens with one attached hydrogen (secondary N) is 1. The van der Waals surface area contributed by atoms with Crippen molar-refractivity contribution in [2.24, 2.45) is 0 Å². The molecule has 1 aliphatic rings. The van der Waals surface area contributed by atoms with Crippen LogP contribution in [0.15, 0.2) is 24.3 Å². The first-order valence-electron chi connectivity index (χ1n) is 7.86. The Morgan fingerprint density at radius 3 is 2.57 bits per heavy atom. The second-order valence-corrected chi connectivity index (χ2v) is 5.57. The third kappa shape index (κ3) is 4.83. The van der Waals surface area contributed by atoms with E-state index in [1.54, 1.807) is 0 Å². The van der Waals surface area contributed by atoms with Crippen molar-refractivity contribution in [1.29, 1.82) is 0 Å². The van der Waals surface area contributed by atoms with Crippen LogP contribution in [0, 0.1) is 6.92 Å². The number of benzene rings is 1. The Labute approximate surface area is 127 Å². The Kier molecular flexibility index (Phi) is 6.21. The van der Waals surface area contributed by atoms with E-state index in [2.05, 4.69) is 43.4 Å². The molecule has 0 radical (unpaired) electrons. The first-order chi connectivity index (χ1) is 10.2. The van der Waals surface area contributed by atoms with E-state index in [1.807, 2.05) is 4.90 Å². The zero-order valence-electron chi connectivity index (χ0n) is 13.1. The van der Waals surface area contributed by atoms with Gasteiger partial charge >= 0.3 is 0 Å². The summed E-state index contributed by atoms with van der Waals surface area (Å²) < 4.78 is 5.27. The lowest BCUT2D eigenvalue weighted by atomic mass is 10.0. The lowest BCUT2D eigenvalue weighted by molar-refractivity contribution is -0.135. The summed E-state index contributed by atoms with van der Waals surface area (Å²) in [6.45, 7) is 7.78. The standard InChI is InChI=1S/C17H26N2O2/c1-3-16(15-6-4-14(2)5-7-15)18-9-8-17(20)19-10-12-21-13-11-19/h4-7,16,18H,3,8-13H2,1-2H3. The van der Waals surface area contributed by atoms with Gasteiger partial charge in [0.1, 0.15) is 0 Å². The lowest BCUT2D eigenvalue weighted by Gasteiger charge is -2.27. The van der Waals surface area contributed by atoms with E-state index in [1.165, 1.54) is 11.1 Å². The van der Waals surface area contributed by atoms with Gasteiger partial charge in [0.25, 0.3) is 0 Å². The van der Waals surface area contributed by atoms with E-state index in [-0.39, 0.29) is 5.91 Å². The molecule has 21 heavy (non-hydrogen) atoms. The van der Waals surface area contributed by atoms with Crippen LogP contribution < -0.4 is 5.32 Å². The van der Waals surface area contributed by atoms with Gasteiger partial charge in [-0.15, -0.1) is 0 Å². The van der Waals surface area contributed by atoms with E-state index in [4.69, 9.17) is 4.74 Å². The Hall–Kier alpha value is -1.39. The predicted molar refractivity (Wildman–Crippen MR) is 84.2 cm³/mol. The highest BCUT2D eigenvalue weighted by molar-refractivity contribution is 5.76. The van der Waals surface area contributed by atoms with Gasteiger partial charge in [-0.05, 0) is 18.9 Å². The highest BCUT2D eigenvalue weighted by Gasteiger charge is 2.17. The van der Waals surface area contributed by atoms with Crippen molar-refractivity contribution in [1.82, 2.24) is 10.2 Å². The quantitative estimate of drug-likeness (QED) is 0.874. The summed E-state index contributed by atoms with van der Waals surface area (Å²) in [4.78, 5) is 14.0. The fourth-order valence-electron chi connectivity index (χ4n) is 2.62. The van der Waals surface area contributed by atoms with E-state index in [0.29, 0.717) is 25.7 Å². The summed E-state index contributed by atoms with van der Waals surface area (Å²) in [7, 11) is 0. The van der Waals surface area contributed by atoms with Crippen molar-refractivity contribution in [3.8, 4) is 0 Å². The minimum absolute atomic E-state index is 0.226. The maximum Gasteiger partial charge on any atom is 0.224 e. The fraction of sp³-hybridized carbons (Fsp3) is 0.588. The fourth-order valence-corrected chi connectivity index (χ4v) is 2.62. The molecule has 4 heteroatoms. The number of amides is 1. The first kappa shape index (κ1) is 16.0. The number of ether oxygens (including phenoxy) is 1. The van der Waals surface area contributed by atoms with Crippen molar-refractivity contribution in [3.63, 3.8) is 0 Å². The van der Waals surface area contributed by atoms with Gasteiger partial charge in [-0.25, -0.2) is 0 Å². The highest BCUT2D eigenvalue weighted by Crippen LogP contribution is 2.17. The van der Waals surface area contributed by atoms with Gasteiger partial charge < -0.3 is 15.0 Å². The zero-order valence-corrected chi connectivity index (χ0v) is 13.1. The smallest absolute Gasteiger partial charge is 0.224 e. The summed E-state index contributed by atoms with van der Waals surface area (Å²) in [5.41, 5.74) is 2.57. The van der Waals surface area contributed by atoms with Gasteiger partial charge in [0.2, 0.25) is 5.91 Å². The van der Waals surface area contributed by atoms with Crippen molar-refractivity contribution in [3.05, 3.63) is 35.4 Å². The SMILES string of the molecule is CCC(NCCC(=O)N1CCOCC1)c1ccc(C)cc1. The Balaban J connectivity index is 1.77. The van der Waals surface area contributed by atoms with Crippen LogP contribution in [-0.2, 0) is 9.53 Å². The average molecular weight is 290 g/mol. The predicted octanol–water partition coefficient (Wildman–Crippen LogP) is 2.28. The van der Waals surface area contributed by atoms with Crippen LogP contribution in [0.4, 0.5) is 0 Å². The summed E-state index contributed by atoms with van der Waals surface area (Å²) >= 11 is 0. The molecule has 1 saturated heterocycles. The number of carbonyl (C=O) groups excluding carboxylic acids is 1. The number of hydrogen-bond donors (Lipinski definition) is 1. The van der Waals surface area contributed by atoms with Gasteiger partial charge in [0.05, 0.1) is 13.2 Å². The molecular weight excluding hydrogens is 264 g/mol. The molecule has 0 bridgehead atoms. The van der Waals surface area contributed by atoms with Crippen molar-refractivity contribution >= 4 is 5.91 Å². The van der Waals surface area contributed by atoms with Gasteiger partial charge in [-0.1, -0.05) is 36.8 Å². The molecule has 1 fully saturated rings. The normalized spacial score (nSPS) is 16.8. The largest absolute Gasteiger partial charge is 0.378 e. The molecule has 1 aromatic carbocycles. The van der Waals surface area contributed by atoms with E-state index < -0.39 is 0 Å².